The van der Waals surface area contributed by atoms with Crippen molar-refractivity contribution in [2.75, 3.05) is 13.4 Å². The summed E-state index contributed by atoms with van der Waals surface area (Å²) in [6.07, 6.45) is 5.92. The molecule has 4 heteroatoms. The third kappa shape index (κ3) is 3.74. The molecule has 1 aromatic rings. The Morgan fingerprint density at radius 2 is 2.21 bits per heavy atom. The molecule has 19 heavy (non-hydrogen) atoms. The standard InChI is InChI=1S/C15H21NO2S/c1-18-15(17)14-6-4-3-5-11(14)10-16-12-7-8-13(9-12)19-2/h3-6,12-13,16H,7-10H2,1-2H3. The summed E-state index contributed by atoms with van der Waals surface area (Å²) in [4.78, 5) is 11.7. The Bertz CT molecular complexity index is 436. The summed E-state index contributed by atoms with van der Waals surface area (Å²) in [5, 5.41) is 4.35. The molecule has 0 saturated heterocycles. The van der Waals surface area contributed by atoms with Gasteiger partial charge in [-0.3, -0.25) is 0 Å². The van der Waals surface area contributed by atoms with Crippen molar-refractivity contribution in [2.45, 2.75) is 37.1 Å². The molecular weight excluding hydrogens is 258 g/mol. The quantitative estimate of drug-likeness (QED) is 0.841. The zero-order chi connectivity index (χ0) is 13.7. The highest BCUT2D eigenvalue weighted by atomic mass is 32.2. The van der Waals surface area contributed by atoms with Crippen molar-refractivity contribution in [3.63, 3.8) is 0 Å². The Morgan fingerprint density at radius 3 is 2.89 bits per heavy atom. The van der Waals surface area contributed by atoms with Crippen LogP contribution in [0.15, 0.2) is 24.3 Å². The van der Waals surface area contributed by atoms with E-state index in [0.29, 0.717) is 11.6 Å². The lowest BCUT2D eigenvalue weighted by Gasteiger charge is -2.14. The highest BCUT2D eigenvalue weighted by Crippen LogP contribution is 2.28. The minimum Gasteiger partial charge on any atom is -0.465 e. The van der Waals surface area contributed by atoms with Crippen LogP contribution >= 0.6 is 11.8 Å². The van der Waals surface area contributed by atoms with Crippen LogP contribution in [0.5, 0.6) is 0 Å². The summed E-state index contributed by atoms with van der Waals surface area (Å²) in [7, 11) is 1.42. The zero-order valence-corrected chi connectivity index (χ0v) is 12.3. The van der Waals surface area contributed by atoms with Gasteiger partial charge >= 0.3 is 5.97 Å². The molecule has 2 rings (SSSR count). The number of ether oxygens (including phenoxy) is 1. The van der Waals surface area contributed by atoms with Crippen molar-refractivity contribution >= 4 is 17.7 Å². The van der Waals surface area contributed by atoms with Gasteiger partial charge in [0.1, 0.15) is 0 Å². The first-order valence-corrected chi connectivity index (χ1v) is 7.95. The molecule has 1 saturated carbocycles. The molecule has 104 valence electrons. The molecular formula is C15H21NO2S. The molecule has 0 aliphatic heterocycles. The van der Waals surface area contributed by atoms with Crippen molar-refractivity contribution in [3.8, 4) is 0 Å². The van der Waals surface area contributed by atoms with Crippen molar-refractivity contribution in [2.24, 2.45) is 0 Å². The SMILES string of the molecule is COC(=O)c1ccccc1CNC1CCC(SC)C1. The summed E-state index contributed by atoms with van der Waals surface area (Å²) in [6.45, 7) is 0.733. The summed E-state index contributed by atoms with van der Waals surface area (Å²) < 4.78 is 4.81. The topological polar surface area (TPSA) is 38.3 Å². The van der Waals surface area contributed by atoms with Crippen LogP contribution < -0.4 is 5.32 Å². The number of nitrogens with one attached hydrogen (secondary N) is 1. The predicted octanol–water partition coefficient (Wildman–Crippen LogP) is 2.85. The molecule has 1 aromatic carbocycles. The number of rotatable bonds is 5. The van der Waals surface area contributed by atoms with Gasteiger partial charge < -0.3 is 10.1 Å². The number of benzene rings is 1. The number of thioether (sulfide) groups is 1. The van der Waals surface area contributed by atoms with Crippen LogP contribution in [0.2, 0.25) is 0 Å². The lowest BCUT2D eigenvalue weighted by atomic mass is 10.1. The monoisotopic (exact) mass is 279 g/mol. The maximum Gasteiger partial charge on any atom is 0.338 e. The van der Waals surface area contributed by atoms with E-state index < -0.39 is 0 Å². The third-order valence-corrected chi connectivity index (χ3v) is 4.82. The van der Waals surface area contributed by atoms with Gasteiger partial charge in [-0.2, -0.15) is 11.8 Å². The largest absolute Gasteiger partial charge is 0.465 e. The van der Waals surface area contributed by atoms with Crippen molar-refractivity contribution in [1.82, 2.24) is 5.32 Å². The lowest BCUT2D eigenvalue weighted by molar-refractivity contribution is 0.0599. The normalized spacial score (nSPS) is 22.4. The molecule has 2 atom stereocenters. The van der Waals surface area contributed by atoms with E-state index in [1.165, 1.54) is 26.4 Å². The number of carbonyl (C=O) groups is 1. The Kier molecular flexibility index (Phi) is 5.28. The van der Waals surface area contributed by atoms with Gasteiger partial charge in [0, 0.05) is 17.8 Å². The van der Waals surface area contributed by atoms with Gasteiger partial charge in [-0.15, -0.1) is 0 Å². The van der Waals surface area contributed by atoms with Crippen LogP contribution in [0.25, 0.3) is 0 Å². The first-order valence-electron chi connectivity index (χ1n) is 6.67. The molecule has 0 aromatic heterocycles. The number of methoxy groups -OCH3 is 1. The highest BCUT2D eigenvalue weighted by Gasteiger charge is 2.23. The van der Waals surface area contributed by atoms with E-state index in [9.17, 15) is 4.79 Å². The summed E-state index contributed by atoms with van der Waals surface area (Å²) in [6, 6.07) is 8.21. The fourth-order valence-corrected chi connectivity index (χ4v) is 3.37. The second kappa shape index (κ2) is 6.96. The molecule has 1 fully saturated rings. The number of carbonyl (C=O) groups excluding carboxylic acids is 1. The van der Waals surface area contributed by atoms with E-state index in [0.717, 1.165) is 17.4 Å². The summed E-state index contributed by atoms with van der Waals surface area (Å²) >= 11 is 1.96. The van der Waals surface area contributed by atoms with Gasteiger partial charge in [-0.25, -0.2) is 4.79 Å². The van der Waals surface area contributed by atoms with Crippen LogP contribution in [-0.4, -0.2) is 30.6 Å². The fraction of sp³-hybridized carbons (Fsp3) is 0.533. The van der Waals surface area contributed by atoms with Gasteiger partial charge in [0.05, 0.1) is 12.7 Å². The molecule has 0 heterocycles. The van der Waals surface area contributed by atoms with E-state index >= 15 is 0 Å². The average molecular weight is 279 g/mol. The van der Waals surface area contributed by atoms with E-state index in [4.69, 9.17) is 4.74 Å². The number of hydrogen-bond donors (Lipinski definition) is 1. The van der Waals surface area contributed by atoms with E-state index in [1.54, 1.807) is 0 Å². The summed E-state index contributed by atoms with van der Waals surface area (Å²) in [5.74, 6) is -0.259. The van der Waals surface area contributed by atoms with E-state index in [2.05, 4.69) is 11.6 Å². The molecule has 0 amide bonds. The molecule has 2 unspecified atom stereocenters. The fourth-order valence-electron chi connectivity index (χ4n) is 2.58. The maximum absolute atomic E-state index is 11.7. The van der Waals surface area contributed by atoms with Crippen LogP contribution in [0, 0.1) is 0 Å². The van der Waals surface area contributed by atoms with Gasteiger partial charge in [-0.1, -0.05) is 18.2 Å². The van der Waals surface area contributed by atoms with E-state index in [-0.39, 0.29) is 5.97 Å². The minimum absolute atomic E-state index is 0.259. The van der Waals surface area contributed by atoms with Gasteiger partial charge in [-0.05, 0) is 37.1 Å². The van der Waals surface area contributed by atoms with Crippen molar-refractivity contribution in [3.05, 3.63) is 35.4 Å². The van der Waals surface area contributed by atoms with Crippen LogP contribution in [0.4, 0.5) is 0 Å². The second-order valence-electron chi connectivity index (χ2n) is 4.90. The number of esters is 1. The van der Waals surface area contributed by atoms with Crippen molar-refractivity contribution in [1.29, 1.82) is 0 Å². The molecule has 1 aliphatic rings. The lowest BCUT2D eigenvalue weighted by Crippen LogP contribution is -2.27. The van der Waals surface area contributed by atoms with Crippen LogP contribution in [-0.2, 0) is 11.3 Å². The molecule has 0 radical (unpaired) electrons. The first-order chi connectivity index (χ1) is 9.24. The molecule has 1 aliphatic carbocycles. The smallest absolute Gasteiger partial charge is 0.338 e. The van der Waals surface area contributed by atoms with Crippen LogP contribution in [0.1, 0.15) is 35.2 Å². The Balaban J connectivity index is 1.94. The van der Waals surface area contributed by atoms with Gasteiger partial charge in [0.2, 0.25) is 0 Å². The van der Waals surface area contributed by atoms with Gasteiger partial charge in [0.15, 0.2) is 0 Å². The predicted molar refractivity (Wildman–Crippen MR) is 79.6 cm³/mol. The van der Waals surface area contributed by atoms with Crippen LogP contribution in [0.3, 0.4) is 0 Å². The minimum atomic E-state index is -0.259. The molecule has 1 N–H and O–H groups in total. The second-order valence-corrected chi connectivity index (χ2v) is 6.04. The van der Waals surface area contributed by atoms with E-state index in [1.807, 2.05) is 36.0 Å². The Hall–Kier alpha value is -1.00. The zero-order valence-electron chi connectivity index (χ0n) is 11.5. The molecule has 0 spiro atoms. The van der Waals surface area contributed by atoms with Crippen molar-refractivity contribution < 1.29 is 9.53 Å². The number of hydrogen-bond acceptors (Lipinski definition) is 4. The Labute approximate surface area is 119 Å². The third-order valence-electron chi connectivity index (χ3n) is 3.72. The summed E-state index contributed by atoms with van der Waals surface area (Å²) in [5.41, 5.74) is 1.68. The van der Waals surface area contributed by atoms with Gasteiger partial charge in [0.25, 0.3) is 0 Å². The average Bonchev–Trinajstić information content (AvgIpc) is 2.92. The highest BCUT2D eigenvalue weighted by molar-refractivity contribution is 7.99. The first kappa shape index (κ1) is 14.4. The molecule has 3 nitrogen and oxygen atoms in total. The Morgan fingerprint density at radius 1 is 1.42 bits per heavy atom. The maximum atomic E-state index is 11.7. The molecule has 0 bridgehead atoms.